The molecule has 0 aliphatic heterocycles. The van der Waals surface area contributed by atoms with Crippen LogP contribution in [0.5, 0.6) is 0 Å². The van der Waals surface area contributed by atoms with Gasteiger partial charge in [-0.1, -0.05) is 8.64 Å². The van der Waals surface area contributed by atoms with E-state index >= 15 is 0 Å². The van der Waals surface area contributed by atoms with Crippen molar-refractivity contribution >= 4 is 58.3 Å². The molecule has 0 heterocycles. The summed E-state index contributed by atoms with van der Waals surface area (Å²) in [6.45, 7) is 1.33. The van der Waals surface area contributed by atoms with E-state index in [2.05, 4.69) is 60.3 Å². The van der Waals surface area contributed by atoms with Gasteiger partial charge in [-0.2, -0.15) is 0 Å². The van der Waals surface area contributed by atoms with Gasteiger partial charge in [-0.25, -0.2) is 0 Å². The summed E-state index contributed by atoms with van der Waals surface area (Å²) in [5.41, 5.74) is 0. The Kier molecular flexibility index (Phi) is 18.3. The summed E-state index contributed by atoms with van der Waals surface area (Å²) in [5.74, 6) is 0. The van der Waals surface area contributed by atoms with Crippen molar-refractivity contribution < 1.29 is 19.5 Å². The third-order valence-corrected chi connectivity index (χ3v) is 1.24. The number of thiocarbonyl (C=S) groups is 2. The summed E-state index contributed by atoms with van der Waals surface area (Å²) in [6, 6.07) is 0. The van der Waals surface area contributed by atoms with Crippen molar-refractivity contribution in [2.45, 2.75) is 0 Å². The van der Waals surface area contributed by atoms with Crippen molar-refractivity contribution in [2.75, 3.05) is 13.1 Å². The molecule has 0 saturated heterocycles. The normalized spacial score (nSPS) is 7.00. The quantitative estimate of drug-likeness (QED) is 0.293. The first kappa shape index (κ1) is 18.6. The Labute approximate surface area is 107 Å². The molecule has 0 aliphatic rings. The van der Waals surface area contributed by atoms with E-state index in [0.717, 1.165) is 0 Å². The van der Waals surface area contributed by atoms with Gasteiger partial charge < -0.3 is 66.5 Å². The van der Waals surface area contributed by atoms with E-state index in [0.29, 0.717) is 21.7 Å². The van der Waals surface area contributed by atoms with E-state index in [-0.39, 0.29) is 25.6 Å². The first-order valence-electron chi connectivity index (χ1n) is 2.52. The molecule has 0 aromatic carbocycles. The smallest absolute Gasteiger partial charge is 0.412 e. The predicted octanol–water partition coefficient (Wildman–Crippen LogP) is -0.0113. The Morgan fingerprint density at radius 2 is 1.25 bits per heavy atom. The second-order valence-electron chi connectivity index (χ2n) is 1.43. The van der Waals surface area contributed by atoms with E-state index in [1.807, 2.05) is 0 Å². The van der Waals surface area contributed by atoms with E-state index in [1.165, 1.54) is 0 Å². The van der Waals surface area contributed by atoms with Crippen molar-refractivity contribution in [3.63, 3.8) is 0 Å². The van der Waals surface area contributed by atoms with E-state index in [1.54, 1.807) is 0 Å². The van der Waals surface area contributed by atoms with Crippen molar-refractivity contribution in [2.24, 2.45) is 0 Å². The fourth-order valence-electron chi connectivity index (χ4n) is 0.329. The maximum Gasteiger partial charge on any atom is 2.00 e. The average molecular weight is 293 g/mol. The third kappa shape index (κ3) is 17.1. The first-order chi connectivity index (χ1) is 4.63. The Bertz CT molecular complexity index is 126. The van der Waals surface area contributed by atoms with Gasteiger partial charge >= 0.3 is 19.5 Å². The molecule has 0 aromatic heterocycles. The molecule has 0 rings (SSSR count). The van der Waals surface area contributed by atoms with Crippen LogP contribution in [0, 0.1) is 0 Å². The van der Waals surface area contributed by atoms with Gasteiger partial charge in [0.25, 0.3) is 0 Å². The minimum Gasteiger partial charge on any atom is -0.412 e. The van der Waals surface area contributed by atoms with Gasteiger partial charge in [0.05, 0.1) is 0 Å². The van der Waals surface area contributed by atoms with Gasteiger partial charge in [0.2, 0.25) is 0 Å². The molecule has 3 nitrogen and oxygen atoms in total. The van der Waals surface area contributed by atoms with E-state index < -0.39 is 0 Å². The molecule has 8 heteroatoms. The zero-order valence-electron chi connectivity index (χ0n) is 6.46. The third-order valence-electron chi connectivity index (χ3n) is 0.664. The fraction of sp³-hybridized carbons (Fsp3) is 0.500. The zero-order valence-corrected chi connectivity index (χ0v) is 12.7. The van der Waals surface area contributed by atoms with Crippen LogP contribution in [-0.4, -0.2) is 21.7 Å². The molecule has 0 fully saturated rings. The molecule has 0 amide bonds. The molecule has 0 aromatic rings. The maximum atomic E-state index is 4.59. The van der Waals surface area contributed by atoms with Crippen LogP contribution in [0.3, 0.4) is 0 Å². The maximum absolute atomic E-state index is 4.59. The number of nitrogens with one attached hydrogen (secondary N) is 2. The first-order valence-corrected chi connectivity index (χ1v) is 4.16. The molecule has 0 atom stereocenters. The summed E-state index contributed by atoms with van der Waals surface area (Å²) < 4.78 is 0.745. The Hall–Kier alpha value is 0.803. The van der Waals surface area contributed by atoms with Gasteiger partial charge in [-0.15, -0.1) is 0 Å². The van der Waals surface area contributed by atoms with Gasteiger partial charge in [-0.3, -0.25) is 0 Å². The zero-order chi connectivity index (χ0) is 7.98. The van der Waals surface area contributed by atoms with Crippen molar-refractivity contribution in [3.8, 4) is 0 Å². The molecular formula is C4H9N3S4Zn. The molecule has 0 saturated carbocycles. The standard InChI is InChI=1S/C4H8N2S4.H3N.Zn/c7-3(8)5-1-2-6-4(9)10;;/h1-2H2,(H2,5,7,8)(H2,6,9,10);1H3;/q;;+2/p-2. The predicted molar refractivity (Wildman–Crippen MR) is 61.0 cm³/mol. The number of rotatable bonds is 3. The van der Waals surface area contributed by atoms with Crippen molar-refractivity contribution in [1.82, 2.24) is 16.8 Å². The summed E-state index contributed by atoms with van der Waals surface area (Å²) >= 11 is 18.4. The Morgan fingerprint density at radius 1 is 1.00 bits per heavy atom. The van der Waals surface area contributed by atoms with Gasteiger partial charge in [0.1, 0.15) is 0 Å². The largest absolute Gasteiger partial charge is 2.00 e. The summed E-state index contributed by atoms with van der Waals surface area (Å²) in [4.78, 5) is 0. The molecule has 66 valence electrons. The molecule has 5 N–H and O–H groups in total. The SMILES string of the molecule is N.S=C([S-])NCCNC(=S)[S-].[Zn+2]. The number of hydrogen-bond donors (Lipinski definition) is 3. The summed E-state index contributed by atoms with van der Waals surface area (Å²) in [5, 5.41) is 5.56. The van der Waals surface area contributed by atoms with Crippen LogP contribution in [0.25, 0.3) is 0 Å². The minimum absolute atomic E-state index is 0. The van der Waals surface area contributed by atoms with Gasteiger partial charge in [-0.05, 0) is 0 Å². The molecule has 0 unspecified atom stereocenters. The van der Waals surface area contributed by atoms with Crippen LogP contribution in [0.1, 0.15) is 0 Å². The number of hydrogen-bond acceptors (Lipinski definition) is 5. The van der Waals surface area contributed by atoms with Crippen LogP contribution >= 0.6 is 24.4 Å². The van der Waals surface area contributed by atoms with E-state index in [4.69, 9.17) is 0 Å². The second kappa shape index (κ2) is 11.8. The summed E-state index contributed by atoms with van der Waals surface area (Å²) in [6.07, 6.45) is 0. The Balaban J connectivity index is -0.000000405. The molecule has 0 bridgehead atoms. The van der Waals surface area contributed by atoms with Crippen LogP contribution in [-0.2, 0) is 44.7 Å². The minimum atomic E-state index is 0. The molecular weight excluding hydrogens is 284 g/mol. The molecule has 0 spiro atoms. The van der Waals surface area contributed by atoms with Gasteiger partial charge in [0, 0.05) is 13.1 Å². The monoisotopic (exact) mass is 291 g/mol. The van der Waals surface area contributed by atoms with Crippen molar-refractivity contribution in [1.29, 1.82) is 0 Å². The second-order valence-corrected chi connectivity index (χ2v) is 3.58. The van der Waals surface area contributed by atoms with Crippen LogP contribution in [0.4, 0.5) is 0 Å². The van der Waals surface area contributed by atoms with Crippen LogP contribution in [0.15, 0.2) is 0 Å². The van der Waals surface area contributed by atoms with Crippen LogP contribution < -0.4 is 16.8 Å². The average Bonchev–Trinajstić information content (AvgIpc) is 1.79. The molecule has 12 heavy (non-hydrogen) atoms. The topological polar surface area (TPSA) is 59.1 Å². The fourth-order valence-corrected chi connectivity index (χ4v) is 0.737. The molecule has 0 radical (unpaired) electrons. The van der Waals surface area contributed by atoms with Crippen LogP contribution in [0.2, 0.25) is 0 Å². The summed E-state index contributed by atoms with van der Waals surface area (Å²) in [7, 11) is 0. The molecule has 0 aliphatic carbocycles. The van der Waals surface area contributed by atoms with Gasteiger partial charge in [0.15, 0.2) is 0 Å². The van der Waals surface area contributed by atoms with Crippen molar-refractivity contribution in [3.05, 3.63) is 0 Å². The van der Waals surface area contributed by atoms with E-state index in [9.17, 15) is 0 Å². The Morgan fingerprint density at radius 3 is 1.42 bits per heavy atom.